The first-order chi connectivity index (χ1) is 16.6. The number of amides is 1. The molecule has 5 rings (SSSR count). The van der Waals surface area contributed by atoms with Crippen molar-refractivity contribution in [3.05, 3.63) is 90.9 Å². The summed E-state index contributed by atoms with van der Waals surface area (Å²) < 4.78 is 0. The number of anilines is 1. The van der Waals surface area contributed by atoms with Crippen LogP contribution in [0.5, 0.6) is 0 Å². The molecule has 2 aromatic carbocycles. The van der Waals surface area contributed by atoms with Gasteiger partial charge in [0.25, 0.3) is 0 Å². The Morgan fingerprint density at radius 2 is 1.68 bits per heavy atom. The molecule has 0 aliphatic carbocycles. The summed E-state index contributed by atoms with van der Waals surface area (Å²) in [4.78, 5) is 18.0. The highest BCUT2D eigenvalue weighted by Crippen LogP contribution is 2.32. The van der Waals surface area contributed by atoms with E-state index in [1.165, 1.54) is 17.3 Å². The predicted octanol–water partition coefficient (Wildman–Crippen LogP) is 4.71. The van der Waals surface area contributed by atoms with Gasteiger partial charge in [0.2, 0.25) is 11.1 Å². The van der Waals surface area contributed by atoms with Crippen molar-refractivity contribution in [3.8, 4) is 22.3 Å². The van der Waals surface area contributed by atoms with Gasteiger partial charge < -0.3 is 10.6 Å². The Kier molecular flexibility index (Phi) is 6.31. The molecule has 1 aliphatic rings. The second kappa shape index (κ2) is 9.84. The van der Waals surface area contributed by atoms with Gasteiger partial charge in [-0.25, -0.2) is 4.80 Å². The Balaban J connectivity index is 1.37. The lowest BCUT2D eigenvalue weighted by Gasteiger charge is -2.14. The summed E-state index contributed by atoms with van der Waals surface area (Å²) in [7, 11) is 1.81. The van der Waals surface area contributed by atoms with Crippen LogP contribution in [0, 0.1) is 0 Å². The molecule has 8 heteroatoms. The summed E-state index contributed by atoms with van der Waals surface area (Å²) in [6.07, 6.45) is 9.89. The Labute approximate surface area is 202 Å². The number of aryl methyl sites for hydroxylation is 1. The first kappa shape index (κ1) is 21.8. The van der Waals surface area contributed by atoms with E-state index in [0.29, 0.717) is 5.75 Å². The summed E-state index contributed by atoms with van der Waals surface area (Å²) in [6.45, 7) is 0.813. The molecule has 0 radical (unpaired) electrons. The molecular formula is C26H24N6OS. The largest absolute Gasteiger partial charge is 0.387 e. The number of thioether (sulfide) groups is 1. The van der Waals surface area contributed by atoms with E-state index in [4.69, 9.17) is 0 Å². The molecule has 0 spiro atoms. The van der Waals surface area contributed by atoms with Crippen molar-refractivity contribution < 1.29 is 4.79 Å². The lowest BCUT2D eigenvalue weighted by Crippen LogP contribution is -2.17. The number of carbonyl (C=O) groups is 1. The average molecular weight is 469 g/mol. The Hall–Kier alpha value is -4.04. The topological polar surface area (TPSA) is 87.6 Å². The maximum absolute atomic E-state index is 12.3. The van der Waals surface area contributed by atoms with E-state index in [-0.39, 0.29) is 5.91 Å². The molecule has 0 bridgehead atoms. The van der Waals surface area contributed by atoms with E-state index in [0.717, 1.165) is 45.2 Å². The van der Waals surface area contributed by atoms with Gasteiger partial charge in [0.15, 0.2) is 0 Å². The van der Waals surface area contributed by atoms with E-state index in [1.807, 2.05) is 55.0 Å². The lowest BCUT2D eigenvalue weighted by atomic mass is 9.93. The van der Waals surface area contributed by atoms with Gasteiger partial charge in [0, 0.05) is 31.7 Å². The van der Waals surface area contributed by atoms with Gasteiger partial charge >= 0.3 is 0 Å². The Morgan fingerprint density at radius 1 is 1.00 bits per heavy atom. The number of pyridine rings is 1. The van der Waals surface area contributed by atoms with Crippen LogP contribution in [0.15, 0.2) is 90.5 Å². The third-order valence-electron chi connectivity index (χ3n) is 5.44. The normalized spacial score (nSPS) is 12.8. The molecular weight excluding hydrogens is 444 g/mol. The minimum Gasteiger partial charge on any atom is -0.387 e. The van der Waals surface area contributed by atoms with Crippen molar-refractivity contribution in [2.75, 3.05) is 17.6 Å². The van der Waals surface area contributed by atoms with Gasteiger partial charge in [-0.1, -0.05) is 30.0 Å². The Bertz CT molecular complexity index is 1340. The number of nitrogens with zero attached hydrogens (tertiary/aromatic N) is 3. The zero-order chi connectivity index (χ0) is 23.3. The van der Waals surface area contributed by atoms with Gasteiger partial charge in [-0.2, -0.15) is 0 Å². The Morgan fingerprint density at radius 3 is 2.32 bits per heavy atom. The number of aromatic nitrogens is 4. The van der Waals surface area contributed by atoms with E-state index < -0.39 is 0 Å². The molecule has 1 amide bonds. The van der Waals surface area contributed by atoms with Crippen LogP contribution in [0.25, 0.3) is 27.8 Å². The lowest BCUT2D eigenvalue weighted by molar-refractivity contribution is -0.113. The number of dihydropyridines is 1. The molecule has 2 aromatic heterocycles. The second-order valence-corrected chi connectivity index (χ2v) is 8.85. The van der Waals surface area contributed by atoms with Gasteiger partial charge in [0.05, 0.1) is 5.75 Å². The standard InChI is InChI=1S/C26H24N6OS/c1-32-30-26(31-32)34-17-25(33)29-24-4-2-18(3-5-24)21-14-22(19-6-10-27-11-7-19)16-23(15-21)20-8-12-28-13-9-20/h2-12,14-16,28H,13,17H2,1H3,(H,29,33)(H,30,31). The predicted molar refractivity (Wildman–Crippen MR) is 137 cm³/mol. The number of benzene rings is 2. The highest BCUT2D eigenvalue weighted by Gasteiger charge is 2.10. The van der Waals surface area contributed by atoms with Crippen LogP contribution in [-0.4, -0.2) is 38.2 Å². The van der Waals surface area contributed by atoms with Crippen molar-refractivity contribution in [1.82, 2.24) is 25.3 Å². The van der Waals surface area contributed by atoms with Gasteiger partial charge in [-0.15, -0.1) is 5.10 Å². The number of carbonyl (C=O) groups excluding carboxylic acids is 1. The number of hydrogen-bond acceptors (Lipinski definition) is 5. The van der Waals surface area contributed by atoms with Crippen molar-refractivity contribution in [2.45, 2.75) is 5.16 Å². The molecule has 3 heterocycles. The fraction of sp³-hybridized carbons (Fsp3) is 0.115. The average Bonchev–Trinajstić information content (AvgIpc) is 2.87. The zero-order valence-corrected chi connectivity index (χ0v) is 19.5. The molecule has 7 nitrogen and oxygen atoms in total. The fourth-order valence-corrected chi connectivity index (χ4v) is 4.47. The summed E-state index contributed by atoms with van der Waals surface area (Å²) in [5.41, 5.74) is 7.57. The number of H-pyrrole nitrogens is 1. The van der Waals surface area contributed by atoms with Crippen molar-refractivity contribution >= 4 is 28.9 Å². The van der Waals surface area contributed by atoms with E-state index >= 15 is 0 Å². The van der Waals surface area contributed by atoms with Crippen LogP contribution in [0.1, 0.15) is 5.56 Å². The number of allylic oxidation sites excluding steroid dienone is 2. The van der Waals surface area contributed by atoms with E-state index in [2.05, 4.69) is 56.2 Å². The summed E-state index contributed by atoms with van der Waals surface area (Å²) >= 11 is 1.37. The van der Waals surface area contributed by atoms with E-state index in [1.54, 1.807) is 11.8 Å². The van der Waals surface area contributed by atoms with Gasteiger partial charge in [-0.3, -0.25) is 14.9 Å². The minimum absolute atomic E-state index is 0.0663. The highest BCUT2D eigenvalue weighted by atomic mass is 32.2. The molecule has 0 saturated heterocycles. The van der Waals surface area contributed by atoms with Crippen molar-refractivity contribution in [1.29, 1.82) is 0 Å². The number of rotatable bonds is 7. The van der Waals surface area contributed by atoms with Crippen LogP contribution in [0.4, 0.5) is 5.69 Å². The zero-order valence-electron chi connectivity index (χ0n) is 18.7. The van der Waals surface area contributed by atoms with E-state index in [9.17, 15) is 4.79 Å². The second-order valence-electron chi connectivity index (χ2n) is 7.89. The number of aromatic amines is 1. The van der Waals surface area contributed by atoms with Crippen LogP contribution < -0.4 is 10.6 Å². The first-order valence-electron chi connectivity index (χ1n) is 10.9. The molecule has 170 valence electrons. The number of nitrogens with one attached hydrogen (secondary N) is 3. The molecule has 0 fully saturated rings. The molecule has 4 aromatic rings. The fourth-order valence-electron chi connectivity index (χ4n) is 3.76. The number of hydrogen-bond donors (Lipinski definition) is 3. The van der Waals surface area contributed by atoms with Crippen LogP contribution in [0.2, 0.25) is 0 Å². The van der Waals surface area contributed by atoms with Crippen LogP contribution in [0.3, 0.4) is 0 Å². The third kappa shape index (κ3) is 5.13. The SMILES string of the molecule is Cn1nc(SCC(=O)Nc2ccc(-c3cc(C4=CCNC=C4)cc(-c4ccncc4)c3)cc2)[nH]1. The third-order valence-corrected chi connectivity index (χ3v) is 6.29. The molecule has 3 N–H and O–H groups in total. The molecule has 1 aliphatic heterocycles. The smallest absolute Gasteiger partial charge is 0.234 e. The molecule has 0 unspecified atom stereocenters. The summed E-state index contributed by atoms with van der Waals surface area (Å²) in [5.74, 6) is 0.236. The molecule has 0 atom stereocenters. The monoisotopic (exact) mass is 468 g/mol. The quantitative estimate of drug-likeness (QED) is 0.342. The van der Waals surface area contributed by atoms with Crippen LogP contribution >= 0.6 is 11.8 Å². The van der Waals surface area contributed by atoms with Crippen LogP contribution in [-0.2, 0) is 11.8 Å². The maximum atomic E-state index is 12.3. The molecule has 0 saturated carbocycles. The van der Waals surface area contributed by atoms with Gasteiger partial charge in [0.1, 0.15) is 0 Å². The van der Waals surface area contributed by atoms with Gasteiger partial charge in [-0.05, 0) is 88.1 Å². The van der Waals surface area contributed by atoms with Crippen molar-refractivity contribution in [2.24, 2.45) is 7.05 Å². The molecule has 34 heavy (non-hydrogen) atoms. The maximum Gasteiger partial charge on any atom is 0.234 e. The summed E-state index contributed by atoms with van der Waals surface area (Å²) in [5, 5.41) is 14.0. The van der Waals surface area contributed by atoms with Crippen molar-refractivity contribution in [3.63, 3.8) is 0 Å². The summed E-state index contributed by atoms with van der Waals surface area (Å²) in [6, 6.07) is 18.6. The first-order valence-corrected chi connectivity index (χ1v) is 11.9. The minimum atomic E-state index is -0.0663. The highest BCUT2D eigenvalue weighted by molar-refractivity contribution is 7.99.